The average Bonchev–Trinajstić information content (AvgIpc) is 2.94. The lowest BCUT2D eigenvalue weighted by Crippen LogP contribution is -2.23. The highest BCUT2D eigenvalue weighted by Crippen LogP contribution is 2.38. The summed E-state index contributed by atoms with van der Waals surface area (Å²) < 4.78 is 38.8. The molecule has 2 rings (SSSR count). The summed E-state index contributed by atoms with van der Waals surface area (Å²) in [5.41, 5.74) is 0.782. The lowest BCUT2D eigenvalue weighted by atomic mass is 10.3. The number of rotatable bonds is 4. The molecule has 2 aromatic heterocycles. The van der Waals surface area contributed by atoms with Gasteiger partial charge in [0.1, 0.15) is 5.01 Å². The summed E-state index contributed by atoms with van der Waals surface area (Å²) in [7, 11) is 0. The molecule has 0 aliphatic carbocycles. The number of nitrogens with one attached hydrogen (secondary N) is 1. The van der Waals surface area contributed by atoms with Gasteiger partial charge in [0.15, 0.2) is 5.69 Å². The standard InChI is InChI=1S/C11H12F3N3S2/c1-6(2)16-4-7-9(11(12,13)14)17-10(19-7)8-3-15-5-18-8/h3,5-6,16H,4H2,1-2H3. The van der Waals surface area contributed by atoms with Crippen LogP contribution in [-0.4, -0.2) is 16.0 Å². The molecular weight excluding hydrogens is 295 g/mol. The first kappa shape index (κ1) is 14.4. The van der Waals surface area contributed by atoms with Gasteiger partial charge in [0.05, 0.1) is 15.3 Å². The van der Waals surface area contributed by atoms with E-state index in [0.29, 0.717) is 9.88 Å². The largest absolute Gasteiger partial charge is 0.434 e. The summed E-state index contributed by atoms with van der Waals surface area (Å²) >= 11 is 2.35. The number of halogens is 3. The number of nitrogens with zero attached hydrogens (tertiary/aromatic N) is 2. The zero-order valence-corrected chi connectivity index (χ0v) is 11.9. The second-order valence-electron chi connectivity index (χ2n) is 4.19. The van der Waals surface area contributed by atoms with Crippen molar-refractivity contribution in [2.75, 3.05) is 0 Å². The van der Waals surface area contributed by atoms with Crippen molar-refractivity contribution < 1.29 is 13.2 Å². The van der Waals surface area contributed by atoms with Crippen molar-refractivity contribution in [2.45, 2.75) is 32.6 Å². The van der Waals surface area contributed by atoms with Crippen LogP contribution in [-0.2, 0) is 12.7 Å². The highest BCUT2D eigenvalue weighted by atomic mass is 32.1. The molecule has 3 nitrogen and oxygen atoms in total. The zero-order chi connectivity index (χ0) is 14.0. The second-order valence-corrected chi connectivity index (χ2v) is 6.16. The van der Waals surface area contributed by atoms with Crippen molar-refractivity contribution in [3.05, 3.63) is 22.3 Å². The first-order chi connectivity index (χ1) is 8.88. The minimum absolute atomic E-state index is 0.120. The van der Waals surface area contributed by atoms with E-state index >= 15 is 0 Å². The number of hydrogen-bond donors (Lipinski definition) is 1. The normalized spacial score (nSPS) is 12.3. The highest BCUT2D eigenvalue weighted by molar-refractivity contribution is 7.20. The van der Waals surface area contributed by atoms with Gasteiger partial charge >= 0.3 is 6.18 Å². The van der Waals surface area contributed by atoms with Gasteiger partial charge in [-0.3, -0.25) is 4.98 Å². The average molecular weight is 307 g/mol. The Morgan fingerprint density at radius 1 is 1.37 bits per heavy atom. The van der Waals surface area contributed by atoms with Crippen molar-refractivity contribution in [3.63, 3.8) is 0 Å². The molecule has 0 radical (unpaired) electrons. The molecule has 104 valence electrons. The van der Waals surface area contributed by atoms with Crippen molar-refractivity contribution in [1.82, 2.24) is 15.3 Å². The van der Waals surface area contributed by atoms with E-state index < -0.39 is 11.9 Å². The molecule has 1 N–H and O–H groups in total. The van der Waals surface area contributed by atoms with Crippen LogP contribution < -0.4 is 5.32 Å². The Morgan fingerprint density at radius 2 is 2.11 bits per heavy atom. The van der Waals surface area contributed by atoms with Gasteiger partial charge in [-0.1, -0.05) is 13.8 Å². The fourth-order valence-corrected chi connectivity index (χ4v) is 3.13. The van der Waals surface area contributed by atoms with E-state index in [1.807, 2.05) is 13.8 Å². The highest BCUT2D eigenvalue weighted by Gasteiger charge is 2.37. The van der Waals surface area contributed by atoms with Gasteiger partial charge in [0.25, 0.3) is 0 Å². The molecule has 0 spiro atoms. The Balaban J connectivity index is 2.34. The van der Waals surface area contributed by atoms with Gasteiger partial charge in [-0.2, -0.15) is 13.2 Å². The van der Waals surface area contributed by atoms with Gasteiger partial charge in [-0.15, -0.1) is 22.7 Å². The third kappa shape index (κ3) is 3.52. The van der Waals surface area contributed by atoms with E-state index in [1.165, 1.54) is 17.5 Å². The van der Waals surface area contributed by atoms with Crippen molar-refractivity contribution in [2.24, 2.45) is 0 Å². The zero-order valence-electron chi connectivity index (χ0n) is 10.3. The summed E-state index contributed by atoms with van der Waals surface area (Å²) in [6, 6.07) is 0.120. The quantitative estimate of drug-likeness (QED) is 0.934. The molecule has 0 unspecified atom stereocenters. The fourth-order valence-electron chi connectivity index (χ4n) is 1.42. The van der Waals surface area contributed by atoms with Crippen molar-refractivity contribution >= 4 is 22.7 Å². The van der Waals surface area contributed by atoms with E-state index in [4.69, 9.17) is 0 Å². The van der Waals surface area contributed by atoms with Crippen molar-refractivity contribution in [1.29, 1.82) is 0 Å². The summed E-state index contributed by atoms with van der Waals surface area (Å²) in [6.45, 7) is 3.94. The van der Waals surface area contributed by atoms with Crippen LogP contribution >= 0.6 is 22.7 Å². The Labute approximate surface area is 116 Å². The molecule has 0 aromatic carbocycles. The smallest absolute Gasteiger partial charge is 0.310 e. The molecule has 0 bridgehead atoms. The predicted molar refractivity (Wildman–Crippen MR) is 70.2 cm³/mol. The Bertz CT molecular complexity index is 532. The minimum atomic E-state index is -4.42. The monoisotopic (exact) mass is 307 g/mol. The third-order valence-corrected chi connectivity index (χ3v) is 4.28. The first-order valence-electron chi connectivity index (χ1n) is 5.57. The lowest BCUT2D eigenvalue weighted by molar-refractivity contribution is -0.141. The van der Waals surface area contributed by atoms with E-state index in [2.05, 4.69) is 15.3 Å². The van der Waals surface area contributed by atoms with Gasteiger partial charge in [0.2, 0.25) is 0 Å². The number of hydrogen-bond acceptors (Lipinski definition) is 5. The number of alkyl halides is 3. The second kappa shape index (κ2) is 5.56. The topological polar surface area (TPSA) is 37.8 Å². The predicted octanol–water partition coefficient (Wildman–Crippen LogP) is 3.78. The van der Waals surface area contributed by atoms with Crippen LogP contribution in [0.3, 0.4) is 0 Å². The molecule has 19 heavy (non-hydrogen) atoms. The first-order valence-corrected chi connectivity index (χ1v) is 7.26. The maximum atomic E-state index is 12.9. The van der Waals surface area contributed by atoms with E-state index in [1.54, 1.807) is 5.51 Å². The van der Waals surface area contributed by atoms with E-state index in [0.717, 1.165) is 11.3 Å². The fraction of sp³-hybridized carbons (Fsp3) is 0.455. The lowest BCUT2D eigenvalue weighted by Gasteiger charge is -2.09. The maximum absolute atomic E-state index is 12.9. The van der Waals surface area contributed by atoms with Gasteiger partial charge in [0, 0.05) is 18.8 Å². The summed E-state index contributed by atoms with van der Waals surface area (Å²) in [6.07, 6.45) is -2.89. The minimum Gasteiger partial charge on any atom is -0.310 e. The summed E-state index contributed by atoms with van der Waals surface area (Å²) in [4.78, 5) is 8.46. The number of aromatic nitrogens is 2. The van der Waals surface area contributed by atoms with E-state index in [-0.39, 0.29) is 17.5 Å². The van der Waals surface area contributed by atoms with E-state index in [9.17, 15) is 13.2 Å². The van der Waals surface area contributed by atoms with Crippen LogP contribution in [0.2, 0.25) is 0 Å². The molecule has 0 atom stereocenters. The maximum Gasteiger partial charge on any atom is 0.434 e. The molecule has 0 aliphatic rings. The Kier molecular flexibility index (Phi) is 4.22. The van der Waals surface area contributed by atoms with Crippen molar-refractivity contribution in [3.8, 4) is 9.88 Å². The molecule has 8 heteroatoms. The molecule has 0 fully saturated rings. The molecular formula is C11H12F3N3S2. The third-order valence-electron chi connectivity index (χ3n) is 2.28. The van der Waals surface area contributed by atoms with Crippen LogP contribution in [0.5, 0.6) is 0 Å². The van der Waals surface area contributed by atoms with Crippen LogP contribution in [0.4, 0.5) is 13.2 Å². The van der Waals surface area contributed by atoms with Gasteiger partial charge < -0.3 is 5.32 Å². The molecule has 2 heterocycles. The van der Waals surface area contributed by atoms with Gasteiger partial charge in [-0.05, 0) is 0 Å². The SMILES string of the molecule is CC(C)NCc1sc(-c2cncs2)nc1C(F)(F)F. The summed E-state index contributed by atoms with van der Waals surface area (Å²) in [5.74, 6) is 0. The molecule has 0 saturated carbocycles. The molecule has 0 saturated heterocycles. The van der Waals surface area contributed by atoms with Crippen LogP contribution in [0.1, 0.15) is 24.4 Å². The Hall–Kier alpha value is -0.990. The Morgan fingerprint density at radius 3 is 2.63 bits per heavy atom. The molecule has 2 aromatic rings. The van der Waals surface area contributed by atoms with Crippen LogP contribution in [0.15, 0.2) is 11.7 Å². The number of thiazole rings is 2. The van der Waals surface area contributed by atoms with Gasteiger partial charge in [-0.25, -0.2) is 4.98 Å². The molecule has 0 amide bonds. The molecule has 0 aliphatic heterocycles. The summed E-state index contributed by atoms with van der Waals surface area (Å²) in [5, 5.41) is 3.36. The van der Waals surface area contributed by atoms with Crippen LogP contribution in [0, 0.1) is 0 Å². The van der Waals surface area contributed by atoms with Crippen LogP contribution in [0.25, 0.3) is 9.88 Å².